The van der Waals surface area contributed by atoms with Crippen LogP contribution in [0.25, 0.3) is 0 Å². The second-order valence-corrected chi connectivity index (χ2v) is 3.28. The normalized spacial score (nSPS) is 11.1. The Morgan fingerprint density at radius 1 is 1.19 bits per heavy atom. The van der Waals surface area contributed by atoms with E-state index in [2.05, 4.69) is 0 Å². The summed E-state index contributed by atoms with van der Waals surface area (Å²) in [6, 6.07) is 3.92. The van der Waals surface area contributed by atoms with E-state index < -0.39 is 17.8 Å². The van der Waals surface area contributed by atoms with Crippen molar-refractivity contribution in [1.82, 2.24) is 4.90 Å². The maximum Gasteiger partial charge on any atom is 0.416 e. The Labute approximate surface area is 90.4 Å². The predicted molar refractivity (Wildman–Crippen MR) is 51.2 cm³/mol. The molecule has 0 atom stereocenters. The largest absolute Gasteiger partial charge is 0.416 e. The van der Waals surface area contributed by atoms with Gasteiger partial charge in [-0.2, -0.15) is 13.2 Å². The number of carbonyl (C=O) groups excluding carboxylic acids is 1. The zero-order chi connectivity index (χ0) is 12.3. The number of amides is 1. The third-order valence-corrected chi connectivity index (χ3v) is 1.75. The number of nitrogens with zero attached hydrogens (tertiary/aromatic N) is 1. The van der Waals surface area contributed by atoms with Crippen molar-refractivity contribution in [3.8, 4) is 5.75 Å². The molecule has 0 saturated carbocycles. The highest BCUT2D eigenvalue weighted by atomic mass is 19.4. The van der Waals surface area contributed by atoms with Crippen LogP contribution in [0.1, 0.15) is 5.56 Å². The van der Waals surface area contributed by atoms with Gasteiger partial charge in [-0.15, -0.1) is 0 Å². The second kappa shape index (κ2) is 4.42. The van der Waals surface area contributed by atoms with Crippen LogP contribution in [0.5, 0.6) is 5.75 Å². The first-order chi connectivity index (χ1) is 7.30. The van der Waals surface area contributed by atoms with E-state index in [1.165, 1.54) is 19.0 Å². The van der Waals surface area contributed by atoms with Crippen molar-refractivity contribution < 1.29 is 22.7 Å². The lowest BCUT2D eigenvalue weighted by atomic mass is 10.2. The first-order valence-corrected chi connectivity index (χ1v) is 4.37. The van der Waals surface area contributed by atoms with Gasteiger partial charge in [-0.05, 0) is 24.3 Å². The van der Waals surface area contributed by atoms with Crippen LogP contribution in [0.4, 0.5) is 18.0 Å². The Balaban J connectivity index is 2.76. The van der Waals surface area contributed by atoms with Gasteiger partial charge in [-0.3, -0.25) is 0 Å². The molecule has 0 aliphatic rings. The van der Waals surface area contributed by atoms with Gasteiger partial charge in [0.05, 0.1) is 5.56 Å². The van der Waals surface area contributed by atoms with Crippen LogP contribution in [0.3, 0.4) is 0 Å². The minimum atomic E-state index is -4.38. The van der Waals surface area contributed by atoms with E-state index in [4.69, 9.17) is 4.74 Å². The quantitative estimate of drug-likeness (QED) is 0.746. The fourth-order valence-corrected chi connectivity index (χ4v) is 0.904. The Morgan fingerprint density at radius 3 is 2.06 bits per heavy atom. The van der Waals surface area contributed by atoms with E-state index in [1.54, 1.807) is 0 Å². The highest BCUT2D eigenvalue weighted by Gasteiger charge is 2.30. The molecular weight excluding hydrogens is 223 g/mol. The fraction of sp³-hybridized carbons (Fsp3) is 0.300. The summed E-state index contributed by atoms with van der Waals surface area (Å²) in [6.45, 7) is 0. The number of ether oxygens (including phenoxy) is 1. The first-order valence-electron chi connectivity index (χ1n) is 4.37. The van der Waals surface area contributed by atoms with Crippen molar-refractivity contribution in [3.05, 3.63) is 29.8 Å². The molecule has 1 aromatic carbocycles. The minimum absolute atomic E-state index is 0.0756. The highest BCUT2D eigenvalue weighted by Crippen LogP contribution is 2.30. The Kier molecular flexibility index (Phi) is 3.41. The number of hydrogen-bond acceptors (Lipinski definition) is 2. The molecule has 0 saturated heterocycles. The highest BCUT2D eigenvalue weighted by molar-refractivity contribution is 5.69. The molecular formula is C10H10F3NO2. The second-order valence-electron chi connectivity index (χ2n) is 3.28. The number of alkyl halides is 3. The van der Waals surface area contributed by atoms with Crippen molar-refractivity contribution in [2.45, 2.75) is 6.18 Å². The van der Waals surface area contributed by atoms with Crippen molar-refractivity contribution in [1.29, 1.82) is 0 Å². The summed E-state index contributed by atoms with van der Waals surface area (Å²) in [7, 11) is 2.96. The van der Waals surface area contributed by atoms with E-state index >= 15 is 0 Å². The lowest BCUT2D eigenvalue weighted by Gasteiger charge is -2.11. The molecule has 6 heteroatoms. The van der Waals surface area contributed by atoms with Gasteiger partial charge >= 0.3 is 12.3 Å². The molecule has 0 heterocycles. The number of rotatable bonds is 1. The van der Waals surface area contributed by atoms with Crippen LogP contribution in [-0.2, 0) is 6.18 Å². The van der Waals surface area contributed by atoms with Gasteiger partial charge in [-0.25, -0.2) is 4.79 Å². The summed E-state index contributed by atoms with van der Waals surface area (Å²) in [5, 5.41) is 0. The minimum Gasteiger partial charge on any atom is -0.410 e. The van der Waals surface area contributed by atoms with Gasteiger partial charge in [0, 0.05) is 14.1 Å². The van der Waals surface area contributed by atoms with Crippen molar-refractivity contribution >= 4 is 6.09 Å². The van der Waals surface area contributed by atoms with Crippen LogP contribution >= 0.6 is 0 Å². The number of benzene rings is 1. The van der Waals surface area contributed by atoms with Crippen LogP contribution in [-0.4, -0.2) is 25.1 Å². The van der Waals surface area contributed by atoms with Gasteiger partial charge in [0.2, 0.25) is 0 Å². The van der Waals surface area contributed by atoms with Crippen molar-refractivity contribution in [2.75, 3.05) is 14.1 Å². The Hall–Kier alpha value is -1.72. The number of hydrogen-bond donors (Lipinski definition) is 0. The molecule has 0 bridgehead atoms. The first kappa shape index (κ1) is 12.4. The zero-order valence-electron chi connectivity index (χ0n) is 8.71. The SMILES string of the molecule is CN(C)C(=O)Oc1ccc(C(F)(F)F)cc1. The molecule has 1 rings (SSSR count). The monoisotopic (exact) mass is 233 g/mol. The Morgan fingerprint density at radius 2 is 1.69 bits per heavy atom. The average molecular weight is 233 g/mol. The molecule has 0 aliphatic heterocycles. The van der Waals surface area contributed by atoms with E-state index in [0.29, 0.717) is 0 Å². The molecule has 0 N–H and O–H groups in total. The third-order valence-electron chi connectivity index (χ3n) is 1.75. The molecule has 0 radical (unpaired) electrons. The lowest BCUT2D eigenvalue weighted by molar-refractivity contribution is -0.137. The van der Waals surface area contributed by atoms with E-state index in [-0.39, 0.29) is 5.75 Å². The number of halogens is 3. The van der Waals surface area contributed by atoms with Crippen molar-refractivity contribution in [2.24, 2.45) is 0 Å². The van der Waals surface area contributed by atoms with E-state index in [0.717, 1.165) is 24.3 Å². The molecule has 16 heavy (non-hydrogen) atoms. The standard InChI is InChI=1S/C10H10F3NO2/c1-14(2)9(15)16-8-5-3-7(4-6-8)10(11,12)13/h3-6H,1-2H3. The molecule has 0 aliphatic carbocycles. The summed E-state index contributed by atoms with van der Waals surface area (Å²) < 4.78 is 41.3. The van der Waals surface area contributed by atoms with Gasteiger partial charge in [0.25, 0.3) is 0 Å². The molecule has 3 nitrogen and oxygen atoms in total. The zero-order valence-corrected chi connectivity index (χ0v) is 8.71. The van der Waals surface area contributed by atoms with Gasteiger partial charge in [-0.1, -0.05) is 0 Å². The predicted octanol–water partition coefficient (Wildman–Crippen LogP) is 2.77. The van der Waals surface area contributed by atoms with Gasteiger partial charge in [0.1, 0.15) is 5.75 Å². The van der Waals surface area contributed by atoms with Crippen LogP contribution in [0.15, 0.2) is 24.3 Å². The summed E-state index contributed by atoms with van der Waals surface area (Å²) in [5.41, 5.74) is -0.780. The van der Waals surface area contributed by atoms with E-state index in [1.807, 2.05) is 0 Å². The third kappa shape index (κ3) is 3.15. The maximum absolute atomic E-state index is 12.2. The summed E-state index contributed by atoms with van der Waals surface area (Å²) in [4.78, 5) is 12.3. The molecule has 0 aromatic heterocycles. The van der Waals surface area contributed by atoms with Gasteiger partial charge in [0.15, 0.2) is 0 Å². The Bertz CT molecular complexity index is 371. The number of carbonyl (C=O) groups is 1. The summed E-state index contributed by atoms with van der Waals surface area (Å²) in [5.74, 6) is 0.0756. The molecule has 1 amide bonds. The topological polar surface area (TPSA) is 29.5 Å². The van der Waals surface area contributed by atoms with Gasteiger partial charge < -0.3 is 9.64 Å². The molecule has 0 unspecified atom stereocenters. The average Bonchev–Trinajstić information content (AvgIpc) is 2.17. The van der Waals surface area contributed by atoms with E-state index in [9.17, 15) is 18.0 Å². The smallest absolute Gasteiger partial charge is 0.410 e. The molecule has 0 spiro atoms. The molecule has 1 aromatic rings. The maximum atomic E-state index is 12.2. The molecule has 0 fully saturated rings. The summed E-state index contributed by atoms with van der Waals surface area (Å²) >= 11 is 0. The van der Waals surface area contributed by atoms with Crippen molar-refractivity contribution in [3.63, 3.8) is 0 Å². The van der Waals surface area contributed by atoms with Crippen LogP contribution in [0, 0.1) is 0 Å². The van der Waals surface area contributed by atoms with Crippen LogP contribution < -0.4 is 4.74 Å². The fourth-order valence-electron chi connectivity index (χ4n) is 0.904. The van der Waals surface area contributed by atoms with Crippen LogP contribution in [0.2, 0.25) is 0 Å². The lowest BCUT2D eigenvalue weighted by Crippen LogP contribution is -2.25. The molecule has 88 valence electrons. The summed E-state index contributed by atoms with van der Waals surface area (Å²) in [6.07, 6.45) is -5.02.